The summed E-state index contributed by atoms with van der Waals surface area (Å²) < 4.78 is 0. The maximum atomic E-state index is 12.9. The van der Waals surface area contributed by atoms with Gasteiger partial charge in [0.15, 0.2) is 0 Å². The highest BCUT2D eigenvalue weighted by Crippen LogP contribution is 2.49. The number of anilines is 2. The Labute approximate surface area is 124 Å². The van der Waals surface area contributed by atoms with Gasteiger partial charge in [0.05, 0.1) is 11.1 Å². The van der Waals surface area contributed by atoms with Crippen LogP contribution in [-0.2, 0) is 16.0 Å². The monoisotopic (exact) mass is 284 g/mol. The van der Waals surface area contributed by atoms with Gasteiger partial charge in [-0.2, -0.15) is 0 Å². The molecule has 1 spiro atoms. The summed E-state index contributed by atoms with van der Waals surface area (Å²) in [5, 5.41) is 3.37. The van der Waals surface area contributed by atoms with E-state index >= 15 is 0 Å². The highest BCUT2D eigenvalue weighted by Gasteiger charge is 2.53. The molecule has 21 heavy (non-hydrogen) atoms. The third-order valence-electron chi connectivity index (χ3n) is 5.27. The van der Waals surface area contributed by atoms with Crippen LogP contribution in [0.3, 0.4) is 0 Å². The summed E-state index contributed by atoms with van der Waals surface area (Å²) in [6.45, 7) is 0.961. The van der Waals surface area contributed by atoms with E-state index in [9.17, 15) is 9.59 Å². The standard InChI is InChI=1S/C17H20N2O2/c20-15-11-17(8-1-2-9-17)16(21)19(15)14-7-3-6-13-12(14)5-4-10-18-13/h3,6-7,18H,1-2,4-5,8-11H2. The van der Waals surface area contributed by atoms with Gasteiger partial charge in [0, 0.05) is 18.7 Å². The first kappa shape index (κ1) is 12.9. The van der Waals surface area contributed by atoms with Gasteiger partial charge >= 0.3 is 0 Å². The van der Waals surface area contributed by atoms with Crippen LogP contribution < -0.4 is 10.2 Å². The minimum atomic E-state index is -0.387. The van der Waals surface area contributed by atoms with Gasteiger partial charge in [-0.05, 0) is 43.4 Å². The van der Waals surface area contributed by atoms with Crippen LogP contribution in [0.15, 0.2) is 18.2 Å². The van der Waals surface area contributed by atoms with E-state index in [1.54, 1.807) is 0 Å². The Morgan fingerprint density at radius 3 is 2.71 bits per heavy atom. The van der Waals surface area contributed by atoms with Crippen LogP contribution in [0.25, 0.3) is 0 Å². The number of imide groups is 1. The summed E-state index contributed by atoms with van der Waals surface area (Å²) in [6.07, 6.45) is 6.28. The number of amides is 2. The van der Waals surface area contributed by atoms with Crippen molar-refractivity contribution in [2.75, 3.05) is 16.8 Å². The number of fused-ring (bicyclic) bond motifs is 1. The largest absolute Gasteiger partial charge is 0.385 e. The molecule has 0 atom stereocenters. The molecule has 1 saturated heterocycles. The predicted molar refractivity (Wildman–Crippen MR) is 81.3 cm³/mol. The molecule has 1 aliphatic carbocycles. The lowest BCUT2D eigenvalue weighted by molar-refractivity contribution is -0.125. The van der Waals surface area contributed by atoms with Gasteiger partial charge in [-0.3, -0.25) is 9.59 Å². The highest BCUT2D eigenvalue weighted by atomic mass is 16.2. The van der Waals surface area contributed by atoms with Gasteiger partial charge < -0.3 is 5.32 Å². The molecule has 4 rings (SSSR count). The number of hydrogen-bond acceptors (Lipinski definition) is 3. The fourth-order valence-corrected chi connectivity index (χ4v) is 4.18. The average molecular weight is 284 g/mol. The van der Waals surface area contributed by atoms with Crippen LogP contribution >= 0.6 is 0 Å². The van der Waals surface area contributed by atoms with E-state index in [-0.39, 0.29) is 17.2 Å². The Kier molecular flexibility index (Phi) is 2.81. The molecule has 4 nitrogen and oxygen atoms in total. The van der Waals surface area contributed by atoms with Crippen LogP contribution in [0, 0.1) is 5.41 Å². The van der Waals surface area contributed by atoms with Crippen molar-refractivity contribution in [2.45, 2.75) is 44.9 Å². The Morgan fingerprint density at radius 1 is 1.10 bits per heavy atom. The maximum Gasteiger partial charge on any atom is 0.240 e. The lowest BCUT2D eigenvalue weighted by Gasteiger charge is -2.26. The maximum absolute atomic E-state index is 12.9. The molecule has 0 aromatic heterocycles. The first-order valence-corrected chi connectivity index (χ1v) is 7.94. The summed E-state index contributed by atoms with van der Waals surface area (Å²) in [7, 11) is 0. The highest BCUT2D eigenvalue weighted by molar-refractivity contribution is 6.23. The van der Waals surface area contributed by atoms with Crippen LogP contribution in [0.1, 0.15) is 44.1 Å². The Morgan fingerprint density at radius 2 is 1.90 bits per heavy atom. The van der Waals surface area contributed by atoms with Gasteiger partial charge in [0.1, 0.15) is 0 Å². The number of carbonyl (C=O) groups is 2. The minimum Gasteiger partial charge on any atom is -0.385 e. The zero-order valence-corrected chi connectivity index (χ0v) is 12.2. The number of nitrogens with zero attached hydrogens (tertiary/aromatic N) is 1. The topological polar surface area (TPSA) is 49.4 Å². The summed E-state index contributed by atoms with van der Waals surface area (Å²) in [4.78, 5) is 26.9. The molecule has 1 saturated carbocycles. The summed E-state index contributed by atoms with van der Waals surface area (Å²) in [5.41, 5.74) is 2.63. The van der Waals surface area contributed by atoms with E-state index < -0.39 is 0 Å². The molecule has 2 heterocycles. The Hall–Kier alpha value is -1.84. The molecule has 4 heteroatoms. The SMILES string of the molecule is O=C1CC2(CCCC2)C(=O)N1c1cccc2c1CCCN2. The van der Waals surface area contributed by atoms with Crippen LogP contribution in [0.5, 0.6) is 0 Å². The molecule has 0 radical (unpaired) electrons. The predicted octanol–water partition coefficient (Wildman–Crippen LogP) is 2.87. The molecule has 3 aliphatic rings. The van der Waals surface area contributed by atoms with E-state index in [2.05, 4.69) is 5.32 Å². The van der Waals surface area contributed by atoms with Crippen molar-refractivity contribution in [3.8, 4) is 0 Å². The minimum absolute atomic E-state index is 0.0131. The number of rotatable bonds is 1. The van der Waals surface area contributed by atoms with Crippen molar-refractivity contribution in [3.63, 3.8) is 0 Å². The van der Waals surface area contributed by atoms with Gasteiger partial charge in [-0.15, -0.1) is 0 Å². The van der Waals surface area contributed by atoms with Crippen LogP contribution in [0.4, 0.5) is 11.4 Å². The van der Waals surface area contributed by atoms with Crippen LogP contribution in [-0.4, -0.2) is 18.4 Å². The quantitative estimate of drug-likeness (QED) is 0.807. The zero-order valence-electron chi connectivity index (χ0n) is 12.2. The summed E-state index contributed by atoms with van der Waals surface area (Å²) in [6, 6.07) is 5.90. The molecule has 2 aliphatic heterocycles. The number of carbonyl (C=O) groups excluding carboxylic acids is 2. The first-order chi connectivity index (χ1) is 10.2. The summed E-state index contributed by atoms with van der Waals surface area (Å²) >= 11 is 0. The molecule has 0 unspecified atom stereocenters. The summed E-state index contributed by atoms with van der Waals surface area (Å²) in [5.74, 6) is 0.0323. The molecule has 110 valence electrons. The Balaban J connectivity index is 1.77. The smallest absolute Gasteiger partial charge is 0.240 e. The van der Waals surface area contributed by atoms with Gasteiger partial charge in [-0.25, -0.2) is 4.90 Å². The van der Waals surface area contributed by atoms with Gasteiger partial charge in [0.25, 0.3) is 0 Å². The zero-order chi connectivity index (χ0) is 14.4. The number of nitrogens with one attached hydrogen (secondary N) is 1. The van der Waals surface area contributed by atoms with Crippen molar-refractivity contribution >= 4 is 23.2 Å². The van der Waals surface area contributed by atoms with E-state index in [1.165, 1.54) is 4.90 Å². The fourth-order valence-electron chi connectivity index (χ4n) is 4.18. The van der Waals surface area contributed by atoms with Crippen molar-refractivity contribution < 1.29 is 9.59 Å². The first-order valence-electron chi connectivity index (χ1n) is 7.94. The van der Waals surface area contributed by atoms with Crippen LogP contribution in [0.2, 0.25) is 0 Å². The normalized spacial score (nSPS) is 23.5. The van der Waals surface area contributed by atoms with E-state index in [4.69, 9.17) is 0 Å². The second kappa shape index (κ2) is 4.58. The van der Waals surface area contributed by atoms with Crippen molar-refractivity contribution in [2.24, 2.45) is 5.41 Å². The molecule has 0 bridgehead atoms. The molecule has 2 fully saturated rings. The molecular formula is C17H20N2O2. The molecule has 2 amide bonds. The molecule has 1 aromatic rings. The molecular weight excluding hydrogens is 264 g/mol. The van der Waals surface area contributed by atoms with Crippen molar-refractivity contribution in [3.05, 3.63) is 23.8 Å². The average Bonchev–Trinajstić information content (AvgIpc) is 3.06. The molecule has 1 aromatic carbocycles. The number of hydrogen-bond donors (Lipinski definition) is 1. The fraction of sp³-hybridized carbons (Fsp3) is 0.529. The van der Waals surface area contributed by atoms with E-state index in [0.29, 0.717) is 6.42 Å². The Bertz CT molecular complexity index is 617. The van der Waals surface area contributed by atoms with Gasteiger partial charge in [-0.1, -0.05) is 18.9 Å². The lowest BCUT2D eigenvalue weighted by Crippen LogP contribution is -2.35. The number of benzene rings is 1. The van der Waals surface area contributed by atoms with Crippen molar-refractivity contribution in [1.82, 2.24) is 0 Å². The second-order valence-electron chi connectivity index (χ2n) is 6.53. The van der Waals surface area contributed by atoms with Crippen molar-refractivity contribution in [1.29, 1.82) is 0 Å². The third kappa shape index (κ3) is 1.81. The third-order valence-corrected chi connectivity index (χ3v) is 5.27. The van der Waals surface area contributed by atoms with Gasteiger partial charge in [0.2, 0.25) is 11.8 Å². The molecule has 1 N–H and O–H groups in total. The van der Waals surface area contributed by atoms with E-state index in [1.807, 2.05) is 18.2 Å². The second-order valence-corrected chi connectivity index (χ2v) is 6.53. The lowest BCUT2D eigenvalue weighted by atomic mass is 9.84. The van der Waals surface area contributed by atoms with E-state index in [0.717, 1.165) is 62.0 Å².